The first-order chi connectivity index (χ1) is 9.13. The molecule has 1 fully saturated rings. The number of amides is 1. The van der Waals surface area contributed by atoms with Crippen LogP contribution in [-0.4, -0.2) is 29.5 Å². The summed E-state index contributed by atoms with van der Waals surface area (Å²) in [5, 5.41) is 0. The lowest BCUT2D eigenvalue weighted by atomic mass is 9.90. The van der Waals surface area contributed by atoms with Crippen LogP contribution in [0.1, 0.15) is 43.0 Å². The zero-order chi connectivity index (χ0) is 13.8. The molecule has 5 heteroatoms. The zero-order valence-corrected chi connectivity index (χ0v) is 11.4. The molecule has 1 aliphatic rings. The average molecular weight is 262 g/mol. The molecule has 0 radical (unpaired) electrons. The van der Waals surface area contributed by atoms with Crippen molar-refractivity contribution in [2.45, 2.75) is 44.7 Å². The second kappa shape index (κ2) is 6.02. The molecule has 5 nitrogen and oxygen atoms in total. The molecule has 1 heterocycles. The quantitative estimate of drug-likeness (QED) is 0.856. The minimum absolute atomic E-state index is 0.314. The number of nitrogens with two attached hydrogens (primary N) is 2. The highest BCUT2D eigenvalue weighted by molar-refractivity contribution is 5.97. The summed E-state index contributed by atoms with van der Waals surface area (Å²) in [6, 6.07) is 4.20. The number of hydrogen-bond acceptors (Lipinski definition) is 4. The van der Waals surface area contributed by atoms with Gasteiger partial charge in [0.15, 0.2) is 0 Å². The molecule has 19 heavy (non-hydrogen) atoms. The second-order valence-corrected chi connectivity index (χ2v) is 5.09. The van der Waals surface area contributed by atoms with E-state index in [1.165, 1.54) is 0 Å². The van der Waals surface area contributed by atoms with Gasteiger partial charge in [-0.25, -0.2) is 4.98 Å². The fourth-order valence-electron chi connectivity index (χ4n) is 2.81. The SMILES string of the molecule is CCN(c1ncccc1C(N)=O)C1CCC(N)CC1. The van der Waals surface area contributed by atoms with Crippen LogP contribution < -0.4 is 16.4 Å². The third-order valence-corrected chi connectivity index (χ3v) is 3.85. The molecule has 1 aliphatic carbocycles. The van der Waals surface area contributed by atoms with Gasteiger partial charge in [-0.15, -0.1) is 0 Å². The predicted octanol–water partition coefficient (Wildman–Crippen LogP) is 1.28. The van der Waals surface area contributed by atoms with Gasteiger partial charge in [0, 0.05) is 24.8 Å². The van der Waals surface area contributed by atoms with Crippen LogP contribution >= 0.6 is 0 Å². The molecule has 0 aliphatic heterocycles. The normalized spacial score (nSPS) is 23.1. The van der Waals surface area contributed by atoms with Crippen molar-refractivity contribution in [3.8, 4) is 0 Å². The van der Waals surface area contributed by atoms with Crippen LogP contribution in [-0.2, 0) is 0 Å². The van der Waals surface area contributed by atoms with E-state index in [0.29, 0.717) is 23.5 Å². The lowest BCUT2D eigenvalue weighted by Crippen LogP contribution is -2.42. The Morgan fingerprint density at radius 2 is 2.11 bits per heavy atom. The summed E-state index contributed by atoms with van der Waals surface area (Å²) in [5.74, 6) is 0.284. The molecule has 1 aromatic heterocycles. The van der Waals surface area contributed by atoms with Gasteiger partial charge in [0.25, 0.3) is 5.91 Å². The summed E-state index contributed by atoms with van der Waals surface area (Å²) < 4.78 is 0. The van der Waals surface area contributed by atoms with Crippen LogP contribution in [0.3, 0.4) is 0 Å². The van der Waals surface area contributed by atoms with E-state index in [-0.39, 0.29) is 0 Å². The van der Waals surface area contributed by atoms with E-state index in [1.54, 1.807) is 18.3 Å². The Kier molecular flexibility index (Phi) is 4.37. The van der Waals surface area contributed by atoms with Crippen molar-refractivity contribution >= 4 is 11.7 Å². The van der Waals surface area contributed by atoms with E-state index in [0.717, 1.165) is 32.2 Å². The Morgan fingerprint density at radius 1 is 1.42 bits per heavy atom. The summed E-state index contributed by atoms with van der Waals surface area (Å²) in [4.78, 5) is 18.1. The number of carbonyl (C=O) groups is 1. The Morgan fingerprint density at radius 3 is 2.68 bits per heavy atom. The van der Waals surface area contributed by atoms with Gasteiger partial charge >= 0.3 is 0 Å². The number of pyridine rings is 1. The molecule has 0 atom stereocenters. The van der Waals surface area contributed by atoms with E-state index < -0.39 is 5.91 Å². The highest BCUT2D eigenvalue weighted by atomic mass is 16.1. The molecule has 104 valence electrons. The minimum Gasteiger partial charge on any atom is -0.365 e. The van der Waals surface area contributed by atoms with Crippen molar-refractivity contribution in [3.63, 3.8) is 0 Å². The van der Waals surface area contributed by atoms with Gasteiger partial charge < -0.3 is 16.4 Å². The molecule has 0 unspecified atom stereocenters. The maximum Gasteiger partial charge on any atom is 0.252 e. The zero-order valence-electron chi connectivity index (χ0n) is 11.4. The fourth-order valence-corrected chi connectivity index (χ4v) is 2.81. The summed E-state index contributed by atoms with van der Waals surface area (Å²) >= 11 is 0. The van der Waals surface area contributed by atoms with Gasteiger partial charge in [-0.2, -0.15) is 0 Å². The Balaban J connectivity index is 2.24. The number of anilines is 1. The summed E-state index contributed by atoms with van der Waals surface area (Å²) in [5.41, 5.74) is 11.9. The molecule has 0 saturated heterocycles. The van der Waals surface area contributed by atoms with Gasteiger partial charge in [0.05, 0.1) is 5.56 Å². The number of hydrogen-bond donors (Lipinski definition) is 2. The highest BCUT2D eigenvalue weighted by Crippen LogP contribution is 2.27. The summed E-state index contributed by atoms with van der Waals surface area (Å²) in [6.07, 6.45) is 5.85. The van der Waals surface area contributed by atoms with Gasteiger partial charge in [-0.05, 0) is 44.7 Å². The van der Waals surface area contributed by atoms with E-state index in [1.807, 2.05) is 0 Å². The first kappa shape index (κ1) is 13.8. The molecular weight excluding hydrogens is 240 g/mol. The van der Waals surface area contributed by atoms with Crippen LogP contribution in [0.5, 0.6) is 0 Å². The van der Waals surface area contributed by atoms with Crippen molar-refractivity contribution in [1.29, 1.82) is 0 Å². The van der Waals surface area contributed by atoms with Gasteiger partial charge in [-0.1, -0.05) is 0 Å². The second-order valence-electron chi connectivity index (χ2n) is 5.09. The maximum absolute atomic E-state index is 11.5. The molecule has 1 aromatic rings. The Labute approximate surface area is 114 Å². The van der Waals surface area contributed by atoms with Crippen LogP contribution in [0.2, 0.25) is 0 Å². The number of carbonyl (C=O) groups excluding carboxylic acids is 1. The van der Waals surface area contributed by atoms with Gasteiger partial charge in [-0.3, -0.25) is 4.79 Å². The van der Waals surface area contributed by atoms with Crippen molar-refractivity contribution in [2.75, 3.05) is 11.4 Å². The Hall–Kier alpha value is -1.62. The standard InChI is InChI=1S/C14H22N4O/c1-2-18(11-7-5-10(15)6-8-11)14-12(13(16)19)4-3-9-17-14/h3-4,9-11H,2,5-8,15H2,1H3,(H2,16,19). The lowest BCUT2D eigenvalue weighted by molar-refractivity contribution is 0.100. The van der Waals surface area contributed by atoms with E-state index >= 15 is 0 Å². The molecule has 4 N–H and O–H groups in total. The van der Waals surface area contributed by atoms with Crippen molar-refractivity contribution < 1.29 is 4.79 Å². The third-order valence-electron chi connectivity index (χ3n) is 3.85. The predicted molar refractivity (Wildman–Crippen MR) is 76.0 cm³/mol. The molecule has 1 amide bonds. The van der Waals surface area contributed by atoms with Crippen molar-refractivity contribution in [1.82, 2.24) is 4.98 Å². The summed E-state index contributed by atoms with van der Waals surface area (Å²) in [6.45, 7) is 2.89. The minimum atomic E-state index is -0.422. The van der Waals surface area contributed by atoms with Crippen LogP contribution in [0, 0.1) is 0 Å². The van der Waals surface area contributed by atoms with Crippen molar-refractivity contribution in [2.24, 2.45) is 11.5 Å². The van der Waals surface area contributed by atoms with E-state index in [2.05, 4.69) is 16.8 Å². The number of primary amides is 1. The molecule has 1 saturated carbocycles. The molecule has 0 aromatic carbocycles. The monoisotopic (exact) mass is 262 g/mol. The molecule has 0 bridgehead atoms. The Bertz CT molecular complexity index is 441. The first-order valence-corrected chi connectivity index (χ1v) is 6.90. The first-order valence-electron chi connectivity index (χ1n) is 6.90. The third kappa shape index (κ3) is 3.04. The molecule has 0 spiro atoms. The molecule has 2 rings (SSSR count). The van der Waals surface area contributed by atoms with Gasteiger partial charge in [0.1, 0.15) is 5.82 Å². The smallest absolute Gasteiger partial charge is 0.252 e. The number of rotatable bonds is 4. The van der Waals surface area contributed by atoms with Crippen LogP contribution in [0.25, 0.3) is 0 Å². The maximum atomic E-state index is 11.5. The van der Waals surface area contributed by atoms with E-state index in [9.17, 15) is 4.79 Å². The van der Waals surface area contributed by atoms with Crippen molar-refractivity contribution in [3.05, 3.63) is 23.9 Å². The average Bonchev–Trinajstić information content (AvgIpc) is 2.42. The lowest BCUT2D eigenvalue weighted by Gasteiger charge is -2.36. The number of nitrogens with zero attached hydrogens (tertiary/aromatic N) is 2. The number of aromatic nitrogens is 1. The largest absolute Gasteiger partial charge is 0.365 e. The summed E-state index contributed by atoms with van der Waals surface area (Å²) in [7, 11) is 0. The molecular formula is C14H22N4O. The van der Waals surface area contributed by atoms with Crippen LogP contribution in [0.15, 0.2) is 18.3 Å². The van der Waals surface area contributed by atoms with Crippen LogP contribution in [0.4, 0.5) is 5.82 Å². The topological polar surface area (TPSA) is 85.2 Å². The van der Waals surface area contributed by atoms with E-state index in [4.69, 9.17) is 11.5 Å². The fraction of sp³-hybridized carbons (Fsp3) is 0.571. The van der Waals surface area contributed by atoms with Gasteiger partial charge in [0.2, 0.25) is 0 Å². The highest BCUT2D eigenvalue weighted by Gasteiger charge is 2.26.